The maximum Gasteiger partial charge on any atom is 0.319 e. The van der Waals surface area contributed by atoms with Crippen molar-refractivity contribution in [2.45, 2.75) is 18.9 Å². The molecular weight excluding hydrogens is 324 g/mol. The van der Waals surface area contributed by atoms with Crippen LogP contribution >= 0.6 is 0 Å². The third kappa shape index (κ3) is 4.14. The standard InChI is InChI=1S/C17H20N4O4/c1-23-14-4-3-12(11-19-14)16(22)21-9-6-13(7-10-21)25-15-5-8-18-17(20-15)24-2/h3-5,8,11,13H,6-7,9-10H2,1-2H3. The summed E-state index contributed by atoms with van der Waals surface area (Å²) >= 11 is 0. The summed E-state index contributed by atoms with van der Waals surface area (Å²) in [6.45, 7) is 1.25. The molecule has 1 aliphatic rings. The van der Waals surface area contributed by atoms with Gasteiger partial charge in [0.25, 0.3) is 5.91 Å². The number of ether oxygens (including phenoxy) is 3. The summed E-state index contributed by atoms with van der Waals surface area (Å²) in [6.07, 6.45) is 4.62. The van der Waals surface area contributed by atoms with E-state index in [1.165, 1.54) is 13.3 Å². The molecule has 0 unspecified atom stereocenters. The summed E-state index contributed by atoms with van der Waals surface area (Å²) in [5, 5.41) is 0. The molecule has 1 fully saturated rings. The second kappa shape index (κ2) is 7.78. The number of rotatable bonds is 5. The third-order valence-electron chi connectivity index (χ3n) is 4.00. The van der Waals surface area contributed by atoms with Crippen LogP contribution in [0, 0.1) is 0 Å². The van der Waals surface area contributed by atoms with E-state index >= 15 is 0 Å². The number of hydrogen-bond acceptors (Lipinski definition) is 7. The molecule has 0 spiro atoms. The molecule has 8 heteroatoms. The number of carbonyl (C=O) groups is 1. The maximum atomic E-state index is 12.5. The Labute approximate surface area is 145 Å². The number of amides is 1. The van der Waals surface area contributed by atoms with Gasteiger partial charge in [-0.05, 0) is 6.07 Å². The molecule has 1 aliphatic heterocycles. The van der Waals surface area contributed by atoms with Crippen molar-refractivity contribution < 1.29 is 19.0 Å². The van der Waals surface area contributed by atoms with Crippen LogP contribution < -0.4 is 14.2 Å². The summed E-state index contributed by atoms with van der Waals surface area (Å²) < 4.78 is 15.9. The van der Waals surface area contributed by atoms with Crippen LogP contribution in [0.25, 0.3) is 0 Å². The number of piperidine rings is 1. The molecule has 0 atom stereocenters. The van der Waals surface area contributed by atoms with E-state index in [0.717, 1.165) is 12.8 Å². The first-order valence-electron chi connectivity index (χ1n) is 8.02. The molecule has 25 heavy (non-hydrogen) atoms. The lowest BCUT2D eigenvalue weighted by Crippen LogP contribution is -2.41. The highest BCUT2D eigenvalue weighted by molar-refractivity contribution is 5.94. The van der Waals surface area contributed by atoms with Gasteiger partial charge in [-0.3, -0.25) is 4.79 Å². The molecule has 3 rings (SSSR count). The largest absolute Gasteiger partial charge is 0.481 e. The highest BCUT2D eigenvalue weighted by Gasteiger charge is 2.25. The van der Waals surface area contributed by atoms with Crippen LogP contribution in [-0.2, 0) is 0 Å². The van der Waals surface area contributed by atoms with Crippen molar-refractivity contribution in [3.63, 3.8) is 0 Å². The molecule has 0 bridgehead atoms. The quantitative estimate of drug-likeness (QED) is 0.813. The summed E-state index contributed by atoms with van der Waals surface area (Å²) in [7, 11) is 3.05. The van der Waals surface area contributed by atoms with Crippen molar-refractivity contribution in [2.75, 3.05) is 27.3 Å². The third-order valence-corrected chi connectivity index (χ3v) is 4.00. The van der Waals surface area contributed by atoms with Gasteiger partial charge >= 0.3 is 6.01 Å². The van der Waals surface area contributed by atoms with Crippen LogP contribution in [0.2, 0.25) is 0 Å². The minimum absolute atomic E-state index is 0.0117. The van der Waals surface area contributed by atoms with Gasteiger partial charge in [-0.2, -0.15) is 4.98 Å². The summed E-state index contributed by atoms with van der Waals surface area (Å²) in [6, 6.07) is 5.38. The van der Waals surface area contributed by atoms with Crippen LogP contribution in [0.4, 0.5) is 0 Å². The predicted octanol–water partition coefficient (Wildman–Crippen LogP) is 1.57. The average Bonchev–Trinajstić information content (AvgIpc) is 2.68. The van der Waals surface area contributed by atoms with Crippen molar-refractivity contribution in [2.24, 2.45) is 0 Å². The van der Waals surface area contributed by atoms with E-state index in [0.29, 0.717) is 30.4 Å². The van der Waals surface area contributed by atoms with Gasteiger partial charge < -0.3 is 19.1 Å². The van der Waals surface area contributed by atoms with Crippen LogP contribution in [0.1, 0.15) is 23.2 Å². The first-order chi connectivity index (χ1) is 12.2. The second-order valence-electron chi connectivity index (χ2n) is 5.58. The molecule has 132 valence electrons. The van der Waals surface area contributed by atoms with Crippen molar-refractivity contribution in [3.05, 3.63) is 36.2 Å². The van der Waals surface area contributed by atoms with E-state index in [1.54, 1.807) is 31.5 Å². The molecule has 0 N–H and O–H groups in total. The van der Waals surface area contributed by atoms with Gasteiger partial charge in [-0.1, -0.05) is 0 Å². The number of carbonyl (C=O) groups excluding carboxylic acids is 1. The lowest BCUT2D eigenvalue weighted by atomic mass is 10.1. The fourth-order valence-corrected chi connectivity index (χ4v) is 2.65. The van der Waals surface area contributed by atoms with Crippen LogP contribution in [0.3, 0.4) is 0 Å². The zero-order chi connectivity index (χ0) is 17.6. The van der Waals surface area contributed by atoms with E-state index < -0.39 is 0 Å². The molecule has 1 amide bonds. The Morgan fingerprint density at radius 2 is 1.88 bits per heavy atom. The van der Waals surface area contributed by atoms with Crippen LogP contribution in [-0.4, -0.2) is 59.2 Å². The number of methoxy groups -OCH3 is 2. The van der Waals surface area contributed by atoms with Crippen LogP contribution in [0.5, 0.6) is 17.8 Å². The topological polar surface area (TPSA) is 86.7 Å². The Morgan fingerprint density at radius 1 is 1.08 bits per heavy atom. The minimum atomic E-state index is -0.0303. The first kappa shape index (κ1) is 16.9. The molecule has 1 saturated heterocycles. The van der Waals surface area contributed by atoms with Gasteiger partial charge in [0.15, 0.2) is 0 Å². The van der Waals surface area contributed by atoms with Gasteiger partial charge in [0, 0.05) is 50.5 Å². The van der Waals surface area contributed by atoms with Crippen molar-refractivity contribution in [3.8, 4) is 17.8 Å². The predicted molar refractivity (Wildman–Crippen MR) is 88.9 cm³/mol. The molecule has 3 heterocycles. The van der Waals surface area contributed by atoms with Crippen LogP contribution in [0.15, 0.2) is 30.6 Å². The van der Waals surface area contributed by atoms with Gasteiger partial charge in [-0.25, -0.2) is 9.97 Å². The van der Waals surface area contributed by atoms with Gasteiger partial charge in [0.05, 0.1) is 19.8 Å². The Kier molecular flexibility index (Phi) is 5.27. The zero-order valence-electron chi connectivity index (χ0n) is 14.2. The highest BCUT2D eigenvalue weighted by atomic mass is 16.5. The van der Waals surface area contributed by atoms with Gasteiger partial charge in [0.2, 0.25) is 11.8 Å². The van der Waals surface area contributed by atoms with E-state index in [-0.39, 0.29) is 18.0 Å². The number of likely N-dealkylation sites (tertiary alicyclic amines) is 1. The zero-order valence-corrected chi connectivity index (χ0v) is 14.2. The highest BCUT2D eigenvalue weighted by Crippen LogP contribution is 2.20. The molecule has 8 nitrogen and oxygen atoms in total. The van der Waals surface area contributed by atoms with Crippen molar-refractivity contribution in [1.29, 1.82) is 0 Å². The summed E-state index contributed by atoms with van der Waals surface area (Å²) in [4.78, 5) is 26.5. The second-order valence-corrected chi connectivity index (χ2v) is 5.58. The monoisotopic (exact) mass is 344 g/mol. The number of aromatic nitrogens is 3. The molecule has 0 aliphatic carbocycles. The average molecular weight is 344 g/mol. The van der Waals surface area contributed by atoms with Gasteiger partial charge in [-0.15, -0.1) is 0 Å². The lowest BCUT2D eigenvalue weighted by molar-refractivity contribution is 0.0586. The SMILES string of the molecule is COc1ccc(C(=O)N2CCC(Oc3ccnc(OC)n3)CC2)cn1. The van der Waals surface area contributed by atoms with E-state index in [2.05, 4.69) is 15.0 Å². The Bertz CT molecular complexity index is 715. The maximum absolute atomic E-state index is 12.5. The fraction of sp³-hybridized carbons (Fsp3) is 0.412. The number of nitrogens with zero attached hydrogens (tertiary/aromatic N) is 4. The van der Waals surface area contributed by atoms with Crippen molar-refractivity contribution in [1.82, 2.24) is 19.9 Å². The molecular formula is C17H20N4O4. The molecule has 2 aromatic heterocycles. The van der Waals surface area contributed by atoms with E-state index in [9.17, 15) is 4.79 Å². The molecule has 2 aromatic rings. The first-order valence-corrected chi connectivity index (χ1v) is 8.02. The number of pyridine rings is 1. The molecule has 0 aromatic carbocycles. The summed E-state index contributed by atoms with van der Waals surface area (Å²) in [5.74, 6) is 0.942. The number of hydrogen-bond donors (Lipinski definition) is 0. The normalized spacial score (nSPS) is 14.9. The van der Waals surface area contributed by atoms with E-state index in [4.69, 9.17) is 14.2 Å². The molecule has 0 saturated carbocycles. The minimum Gasteiger partial charge on any atom is -0.481 e. The Hall–Kier alpha value is -2.90. The van der Waals surface area contributed by atoms with E-state index in [1.807, 2.05) is 4.90 Å². The van der Waals surface area contributed by atoms with Crippen molar-refractivity contribution >= 4 is 5.91 Å². The smallest absolute Gasteiger partial charge is 0.319 e. The van der Waals surface area contributed by atoms with Gasteiger partial charge in [0.1, 0.15) is 6.10 Å². The molecule has 0 radical (unpaired) electrons. The fourth-order valence-electron chi connectivity index (χ4n) is 2.65. The lowest BCUT2D eigenvalue weighted by Gasteiger charge is -2.31. The Morgan fingerprint density at radius 3 is 2.52 bits per heavy atom. The summed E-state index contributed by atoms with van der Waals surface area (Å²) in [5.41, 5.74) is 0.556. The Balaban J connectivity index is 1.54.